The van der Waals surface area contributed by atoms with Crippen molar-refractivity contribution in [2.75, 3.05) is 92.9 Å². The zero-order valence-corrected chi connectivity index (χ0v) is 26.4. The lowest BCUT2D eigenvalue weighted by molar-refractivity contribution is -0.146. The second kappa shape index (κ2) is 26.2. The van der Waals surface area contributed by atoms with Crippen molar-refractivity contribution < 1.29 is 42.7 Å². The van der Waals surface area contributed by atoms with Crippen LogP contribution in [0.1, 0.15) is 24.8 Å². The van der Waals surface area contributed by atoms with E-state index >= 15 is 0 Å². The zero-order chi connectivity index (χ0) is 32.2. The van der Waals surface area contributed by atoms with E-state index in [0.717, 1.165) is 18.4 Å². The Bertz CT molecular complexity index is 1030. The Kier molecular flexibility index (Phi) is 22.3. The minimum absolute atomic E-state index is 0.154. The second-order valence-corrected chi connectivity index (χ2v) is 9.76. The summed E-state index contributed by atoms with van der Waals surface area (Å²) in [6.45, 7) is 6.86. The number of nitrogens with two attached hydrogens (primary N) is 2. The fourth-order valence-corrected chi connectivity index (χ4v) is 3.61. The normalized spacial score (nSPS) is 12.1. The summed E-state index contributed by atoms with van der Waals surface area (Å²) in [5.41, 5.74) is 13.5. The molecule has 0 aliphatic heterocycles. The van der Waals surface area contributed by atoms with Gasteiger partial charge in [-0.1, -0.05) is 18.6 Å². The quantitative estimate of drug-likeness (QED) is 0.0795. The number of rotatable bonds is 28. The van der Waals surface area contributed by atoms with Crippen molar-refractivity contribution in [1.29, 1.82) is 0 Å². The molecule has 4 N–H and O–H groups in total. The third-order valence-corrected chi connectivity index (χ3v) is 6.12. The Morgan fingerprint density at radius 1 is 0.667 bits per heavy atom. The molecule has 0 saturated carbocycles. The van der Waals surface area contributed by atoms with E-state index in [4.69, 9.17) is 49.4 Å². The smallest absolute Gasteiger partial charge is 0.323 e. The van der Waals surface area contributed by atoms with E-state index in [0.29, 0.717) is 109 Å². The molecule has 2 aromatic carbocycles. The monoisotopic (exact) mass is 634 g/mol. The summed E-state index contributed by atoms with van der Waals surface area (Å²) in [5, 5.41) is 8.52. The Labute approximate surface area is 266 Å². The lowest BCUT2D eigenvalue weighted by atomic mass is 10.1. The van der Waals surface area contributed by atoms with Crippen molar-refractivity contribution in [3.05, 3.63) is 54.1 Å². The van der Waals surface area contributed by atoms with Crippen LogP contribution < -0.4 is 16.2 Å². The van der Waals surface area contributed by atoms with Gasteiger partial charge in [-0.15, -0.1) is 0 Å². The van der Waals surface area contributed by atoms with Gasteiger partial charge in [0.1, 0.15) is 25.0 Å². The molecule has 0 amide bonds. The number of ether oxygens (including phenoxy) is 8. The van der Waals surface area contributed by atoms with Gasteiger partial charge in [-0.2, -0.15) is 10.2 Å². The van der Waals surface area contributed by atoms with E-state index in [1.54, 1.807) is 7.11 Å². The van der Waals surface area contributed by atoms with Crippen LogP contribution in [0, 0.1) is 0 Å². The summed E-state index contributed by atoms with van der Waals surface area (Å²) < 4.78 is 43.1. The molecule has 0 spiro atoms. The molecule has 0 aliphatic rings. The molecule has 0 aromatic heterocycles. The van der Waals surface area contributed by atoms with E-state index in [9.17, 15) is 4.79 Å². The fourth-order valence-electron chi connectivity index (χ4n) is 3.61. The minimum atomic E-state index is -0.627. The van der Waals surface area contributed by atoms with Crippen molar-refractivity contribution in [2.45, 2.75) is 31.9 Å². The number of carbonyl (C=O) groups excluding carboxylic acids is 1. The van der Waals surface area contributed by atoms with Crippen molar-refractivity contribution >= 4 is 17.3 Å². The van der Waals surface area contributed by atoms with Gasteiger partial charge < -0.3 is 49.4 Å². The van der Waals surface area contributed by atoms with Gasteiger partial charge in [-0.05, 0) is 61.3 Å². The third-order valence-electron chi connectivity index (χ3n) is 6.12. The number of carbonyl (C=O) groups is 1. The van der Waals surface area contributed by atoms with Gasteiger partial charge in [0.2, 0.25) is 0 Å². The van der Waals surface area contributed by atoms with Crippen molar-refractivity contribution in [3.8, 4) is 5.75 Å². The molecule has 0 aliphatic carbocycles. The van der Waals surface area contributed by atoms with Crippen LogP contribution in [0.4, 0.5) is 11.4 Å². The van der Waals surface area contributed by atoms with E-state index in [2.05, 4.69) is 10.2 Å². The number of unbranched alkanes of at least 4 members (excludes halogenated alkanes) is 1. The Hall–Kier alpha value is -3.01. The average Bonchev–Trinajstić information content (AvgIpc) is 3.06. The van der Waals surface area contributed by atoms with Crippen LogP contribution in [0.2, 0.25) is 0 Å². The highest BCUT2D eigenvalue weighted by Gasteiger charge is 2.14. The number of azo groups is 1. The first kappa shape index (κ1) is 38.2. The molecule has 1 atom stereocenters. The maximum atomic E-state index is 12.0. The maximum absolute atomic E-state index is 12.0. The van der Waals surface area contributed by atoms with E-state index < -0.39 is 12.0 Å². The van der Waals surface area contributed by atoms with Crippen LogP contribution in [-0.2, 0) is 44.6 Å². The molecule has 252 valence electrons. The molecule has 2 aromatic rings. The molecular weight excluding hydrogens is 584 g/mol. The van der Waals surface area contributed by atoms with Gasteiger partial charge in [0, 0.05) is 7.11 Å². The topological polar surface area (TPSA) is 168 Å². The molecule has 0 heterocycles. The van der Waals surface area contributed by atoms with E-state index in [1.807, 2.05) is 48.5 Å². The molecule has 13 heteroatoms. The predicted molar refractivity (Wildman–Crippen MR) is 169 cm³/mol. The maximum Gasteiger partial charge on any atom is 0.323 e. The number of nitrogens with zero attached hydrogens (tertiary/aromatic N) is 2. The summed E-state index contributed by atoms with van der Waals surface area (Å²) in [6, 6.07) is 14.0. The zero-order valence-electron chi connectivity index (χ0n) is 26.4. The lowest BCUT2D eigenvalue weighted by Gasteiger charge is -2.11. The predicted octanol–water partition coefficient (Wildman–Crippen LogP) is 3.71. The third kappa shape index (κ3) is 19.9. The van der Waals surface area contributed by atoms with Crippen LogP contribution in [0.15, 0.2) is 58.8 Å². The fraction of sp³-hybridized carbons (Fsp3) is 0.594. The minimum Gasteiger partial charge on any atom is -0.491 e. The SMILES string of the molecule is COCCOCCOCCOCCOCCOCCOc1ccc(N=Nc2ccc(COC(=O)[C@@H](N)CCCCN)cc2)cc1. The van der Waals surface area contributed by atoms with Crippen LogP contribution in [0.5, 0.6) is 5.75 Å². The summed E-state index contributed by atoms with van der Waals surface area (Å²) in [6.07, 6.45) is 2.21. The average molecular weight is 635 g/mol. The molecule has 0 fully saturated rings. The Morgan fingerprint density at radius 3 is 1.62 bits per heavy atom. The standard InChI is InChI=1S/C32H50N4O9/c1-38-14-15-39-16-17-40-18-19-41-20-21-42-22-23-43-24-25-44-30-11-9-29(10-12-30)36-35-28-7-5-27(6-8-28)26-45-32(37)31(34)4-2-3-13-33/h5-12,31H,2-4,13-26,33-34H2,1H3/t31-/m0/s1. The van der Waals surface area contributed by atoms with Gasteiger partial charge in [-0.3, -0.25) is 4.79 Å². The van der Waals surface area contributed by atoms with Crippen LogP contribution in [0.25, 0.3) is 0 Å². The number of esters is 1. The van der Waals surface area contributed by atoms with Crippen molar-refractivity contribution in [2.24, 2.45) is 21.7 Å². The summed E-state index contributed by atoms with van der Waals surface area (Å²) in [7, 11) is 1.64. The number of methoxy groups -OCH3 is 1. The molecule has 2 rings (SSSR count). The molecular formula is C32H50N4O9. The van der Waals surface area contributed by atoms with Gasteiger partial charge >= 0.3 is 5.97 Å². The molecule has 0 radical (unpaired) electrons. The first-order valence-corrected chi connectivity index (χ1v) is 15.4. The van der Waals surface area contributed by atoms with Crippen LogP contribution in [0.3, 0.4) is 0 Å². The molecule has 45 heavy (non-hydrogen) atoms. The summed E-state index contributed by atoms with van der Waals surface area (Å²) in [5.74, 6) is 0.306. The van der Waals surface area contributed by atoms with Gasteiger partial charge in [0.25, 0.3) is 0 Å². The number of benzene rings is 2. The summed E-state index contributed by atoms with van der Waals surface area (Å²) >= 11 is 0. The molecule has 0 bridgehead atoms. The van der Waals surface area contributed by atoms with Gasteiger partial charge in [0.15, 0.2) is 0 Å². The van der Waals surface area contributed by atoms with Crippen LogP contribution >= 0.6 is 0 Å². The highest BCUT2D eigenvalue weighted by atomic mass is 16.6. The molecule has 13 nitrogen and oxygen atoms in total. The second-order valence-electron chi connectivity index (χ2n) is 9.76. The largest absolute Gasteiger partial charge is 0.491 e. The van der Waals surface area contributed by atoms with E-state index in [-0.39, 0.29) is 6.61 Å². The van der Waals surface area contributed by atoms with Gasteiger partial charge in [0.05, 0.1) is 84.1 Å². The number of hydrogen-bond donors (Lipinski definition) is 2. The van der Waals surface area contributed by atoms with E-state index in [1.165, 1.54) is 0 Å². The first-order valence-electron chi connectivity index (χ1n) is 15.4. The highest BCUT2D eigenvalue weighted by Crippen LogP contribution is 2.22. The molecule has 0 saturated heterocycles. The highest BCUT2D eigenvalue weighted by molar-refractivity contribution is 5.75. The number of hydrogen-bond acceptors (Lipinski definition) is 13. The summed E-state index contributed by atoms with van der Waals surface area (Å²) in [4.78, 5) is 12.0. The first-order chi connectivity index (χ1) is 22.1. The Morgan fingerprint density at radius 2 is 1.13 bits per heavy atom. The van der Waals surface area contributed by atoms with Crippen molar-refractivity contribution in [1.82, 2.24) is 0 Å². The lowest BCUT2D eigenvalue weighted by Crippen LogP contribution is -2.32. The Balaban J connectivity index is 1.47. The van der Waals surface area contributed by atoms with Crippen LogP contribution in [-0.4, -0.2) is 105 Å². The van der Waals surface area contributed by atoms with Gasteiger partial charge in [-0.25, -0.2) is 0 Å². The van der Waals surface area contributed by atoms with Crippen molar-refractivity contribution in [3.63, 3.8) is 0 Å². The molecule has 0 unspecified atom stereocenters.